The molecule has 0 saturated heterocycles. The standard InChI is InChI=1S/C22H28N2O3S/c1-3-18-13-15-20(16-14-18)24(28(26,27)21-11-5-4-6-12-21)17-22(25)23(2)19-9-7-8-10-19/h4-6,11-16,19H,3,7-10,17H2,1-2H3. The van der Waals surface area contributed by atoms with Crippen LogP contribution in [-0.2, 0) is 21.2 Å². The second-order valence-electron chi connectivity index (χ2n) is 7.29. The molecule has 0 radical (unpaired) electrons. The van der Waals surface area contributed by atoms with Gasteiger partial charge in [-0.3, -0.25) is 9.10 Å². The highest BCUT2D eigenvalue weighted by atomic mass is 32.2. The second-order valence-corrected chi connectivity index (χ2v) is 9.15. The van der Waals surface area contributed by atoms with E-state index in [0.717, 1.165) is 37.7 Å². The number of likely N-dealkylation sites (N-methyl/N-ethyl adjacent to an activating group) is 1. The fraction of sp³-hybridized carbons (Fsp3) is 0.409. The third-order valence-electron chi connectivity index (χ3n) is 5.51. The molecule has 0 spiro atoms. The molecule has 5 nitrogen and oxygen atoms in total. The van der Waals surface area contributed by atoms with Crippen LogP contribution in [-0.4, -0.2) is 38.9 Å². The first-order valence-electron chi connectivity index (χ1n) is 9.86. The van der Waals surface area contributed by atoms with Gasteiger partial charge in [-0.15, -0.1) is 0 Å². The van der Waals surface area contributed by atoms with Gasteiger partial charge < -0.3 is 4.90 Å². The third kappa shape index (κ3) is 4.38. The summed E-state index contributed by atoms with van der Waals surface area (Å²) in [4.78, 5) is 14.8. The Balaban J connectivity index is 1.93. The molecule has 28 heavy (non-hydrogen) atoms. The van der Waals surface area contributed by atoms with Gasteiger partial charge in [0.25, 0.3) is 10.0 Å². The zero-order valence-corrected chi connectivity index (χ0v) is 17.4. The Labute approximate surface area is 168 Å². The first-order valence-corrected chi connectivity index (χ1v) is 11.3. The minimum absolute atomic E-state index is 0.175. The average Bonchev–Trinajstić information content (AvgIpc) is 3.26. The zero-order valence-electron chi connectivity index (χ0n) is 16.5. The molecule has 1 aliphatic rings. The van der Waals surface area contributed by atoms with Crippen molar-refractivity contribution in [1.29, 1.82) is 0 Å². The van der Waals surface area contributed by atoms with E-state index >= 15 is 0 Å². The topological polar surface area (TPSA) is 57.7 Å². The SMILES string of the molecule is CCc1ccc(N(CC(=O)N(C)C2CCCC2)S(=O)(=O)c2ccccc2)cc1. The van der Waals surface area contributed by atoms with Crippen LogP contribution in [0, 0.1) is 0 Å². The molecule has 1 aliphatic carbocycles. The molecular weight excluding hydrogens is 372 g/mol. The maximum atomic E-state index is 13.3. The number of hydrogen-bond acceptors (Lipinski definition) is 3. The highest BCUT2D eigenvalue weighted by Gasteiger charge is 2.30. The predicted octanol–water partition coefficient (Wildman–Crippen LogP) is 3.85. The Morgan fingerprint density at radius 2 is 1.61 bits per heavy atom. The summed E-state index contributed by atoms with van der Waals surface area (Å²) >= 11 is 0. The molecular formula is C22H28N2O3S. The number of sulfonamides is 1. The van der Waals surface area contributed by atoms with Gasteiger partial charge in [-0.1, -0.05) is 50.1 Å². The number of anilines is 1. The van der Waals surface area contributed by atoms with Crippen LogP contribution in [0.3, 0.4) is 0 Å². The van der Waals surface area contributed by atoms with Crippen LogP contribution in [0.15, 0.2) is 59.5 Å². The molecule has 0 aliphatic heterocycles. The van der Waals surface area contributed by atoms with Crippen molar-refractivity contribution in [2.75, 3.05) is 17.9 Å². The van der Waals surface area contributed by atoms with Gasteiger partial charge in [0.15, 0.2) is 0 Å². The van der Waals surface area contributed by atoms with E-state index < -0.39 is 10.0 Å². The number of amides is 1. The molecule has 2 aromatic rings. The van der Waals surface area contributed by atoms with Crippen LogP contribution < -0.4 is 4.31 Å². The largest absolute Gasteiger partial charge is 0.341 e. The number of hydrogen-bond donors (Lipinski definition) is 0. The second kappa shape index (κ2) is 8.78. The van der Waals surface area contributed by atoms with Crippen LogP contribution in [0.5, 0.6) is 0 Å². The van der Waals surface area contributed by atoms with Crippen LogP contribution in [0.2, 0.25) is 0 Å². The van der Waals surface area contributed by atoms with Crippen LogP contribution in [0.25, 0.3) is 0 Å². The molecule has 3 rings (SSSR count). The Morgan fingerprint density at radius 1 is 1.00 bits per heavy atom. The summed E-state index contributed by atoms with van der Waals surface area (Å²) in [5.41, 5.74) is 1.63. The highest BCUT2D eigenvalue weighted by molar-refractivity contribution is 7.92. The Hall–Kier alpha value is -2.34. The van der Waals surface area contributed by atoms with Gasteiger partial charge >= 0.3 is 0 Å². The van der Waals surface area contributed by atoms with Gasteiger partial charge in [0.2, 0.25) is 5.91 Å². The normalized spacial score (nSPS) is 14.8. The maximum absolute atomic E-state index is 13.3. The summed E-state index contributed by atoms with van der Waals surface area (Å²) in [6.45, 7) is 1.85. The predicted molar refractivity (Wildman–Crippen MR) is 112 cm³/mol. The number of carbonyl (C=O) groups is 1. The molecule has 0 unspecified atom stereocenters. The van der Waals surface area contributed by atoms with Crippen molar-refractivity contribution >= 4 is 21.6 Å². The molecule has 0 aromatic heterocycles. The minimum Gasteiger partial charge on any atom is -0.341 e. The summed E-state index contributed by atoms with van der Waals surface area (Å²) in [5, 5.41) is 0. The van der Waals surface area contributed by atoms with E-state index in [0.29, 0.717) is 5.69 Å². The van der Waals surface area contributed by atoms with Crippen LogP contribution >= 0.6 is 0 Å². The van der Waals surface area contributed by atoms with Gasteiger partial charge in [0.1, 0.15) is 6.54 Å². The summed E-state index contributed by atoms with van der Waals surface area (Å²) in [6.07, 6.45) is 5.08. The molecule has 6 heteroatoms. The Morgan fingerprint density at radius 3 is 2.18 bits per heavy atom. The van der Waals surface area contributed by atoms with Gasteiger partial charge in [-0.05, 0) is 49.1 Å². The Kier molecular flexibility index (Phi) is 6.39. The van der Waals surface area contributed by atoms with Crippen molar-refractivity contribution in [3.05, 3.63) is 60.2 Å². The quantitative estimate of drug-likeness (QED) is 0.709. The summed E-state index contributed by atoms with van der Waals surface area (Å²) in [6, 6.07) is 15.9. The smallest absolute Gasteiger partial charge is 0.264 e. The van der Waals surface area contributed by atoms with E-state index in [1.807, 2.05) is 19.1 Å². The maximum Gasteiger partial charge on any atom is 0.264 e. The Bertz CT molecular complexity index is 889. The zero-order chi connectivity index (χ0) is 20.1. The van der Waals surface area contributed by atoms with Crippen molar-refractivity contribution in [1.82, 2.24) is 4.90 Å². The summed E-state index contributed by atoms with van der Waals surface area (Å²) in [7, 11) is -2.06. The number of carbonyl (C=O) groups excluding carboxylic acids is 1. The fourth-order valence-electron chi connectivity index (χ4n) is 3.66. The third-order valence-corrected chi connectivity index (χ3v) is 7.30. The van der Waals surface area contributed by atoms with Gasteiger partial charge in [-0.2, -0.15) is 0 Å². The van der Waals surface area contributed by atoms with E-state index in [-0.39, 0.29) is 23.4 Å². The van der Waals surface area contributed by atoms with Gasteiger partial charge in [0, 0.05) is 13.1 Å². The van der Waals surface area contributed by atoms with Crippen molar-refractivity contribution in [3.63, 3.8) is 0 Å². The van der Waals surface area contributed by atoms with Crippen LogP contribution in [0.1, 0.15) is 38.2 Å². The molecule has 1 fully saturated rings. The number of benzene rings is 2. The van der Waals surface area contributed by atoms with E-state index in [2.05, 4.69) is 0 Å². The molecule has 0 atom stereocenters. The number of rotatable bonds is 7. The molecule has 150 valence electrons. The average molecular weight is 401 g/mol. The lowest BCUT2D eigenvalue weighted by atomic mass is 10.1. The molecule has 2 aromatic carbocycles. The first-order chi connectivity index (χ1) is 13.4. The van der Waals surface area contributed by atoms with E-state index in [9.17, 15) is 13.2 Å². The van der Waals surface area contributed by atoms with Crippen molar-refractivity contribution in [2.24, 2.45) is 0 Å². The van der Waals surface area contributed by atoms with Crippen molar-refractivity contribution < 1.29 is 13.2 Å². The molecule has 0 heterocycles. The lowest BCUT2D eigenvalue weighted by Gasteiger charge is -2.29. The lowest BCUT2D eigenvalue weighted by molar-refractivity contribution is -0.130. The van der Waals surface area contributed by atoms with Crippen molar-refractivity contribution in [3.8, 4) is 0 Å². The summed E-state index contributed by atoms with van der Waals surface area (Å²) < 4.78 is 27.9. The lowest BCUT2D eigenvalue weighted by Crippen LogP contribution is -2.44. The molecule has 1 saturated carbocycles. The number of nitrogens with zero attached hydrogens (tertiary/aromatic N) is 2. The molecule has 0 N–H and O–H groups in total. The minimum atomic E-state index is -3.84. The summed E-state index contributed by atoms with van der Waals surface area (Å²) in [5.74, 6) is -0.175. The fourth-order valence-corrected chi connectivity index (χ4v) is 5.10. The van der Waals surface area contributed by atoms with Crippen LogP contribution in [0.4, 0.5) is 5.69 Å². The first kappa shape index (κ1) is 20.4. The highest BCUT2D eigenvalue weighted by Crippen LogP contribution is 2.26. The van der Waals surface area contributed by atoms with E-state index in [1.165, 1.54) is 4.31 Å². The van der Waals surface area contributed by atoms with Gasteiger partial charge in [-0.25, -0.2) is 8.42 Å². The molecule has 0 bridgehead atoms. The number of aryl methyl sites for hydroxylation is 1. The monoisotopic (exact) mass is 400 g/mol. The van der Waals surface area contributed by atoms with Gasteiger partial charge in [0.05, 0.1) is 10.6 Å². The van der Waals surface area contributed by atoms with E-state index in [4.69, 9.17) is 0 Å². The molecule has 1 amide bonds. The van der Waals surface area contributed by atoms with Crippen molar-refractivity contribution in [2.45, 2.75) is 50.0 Å². The van der Waals surface area contributed by atoms with E-state index in [1.54, 1.807) is 54.4 Å².